The number of nitrogens with zero attached hydrogens (tertiary/aromatic N) is 1. The number of halogens is 3. The summed E-state index contributed by atoms with van der Waals surface area (Å²) in [6.45, 7) is -0.498. The Balaban J connectivity index is 1.96. The lowest BCUT2D eigenvalue weighted by atomic mass is 10.1. The molecule has 1 aromatic carbocycles. The topological polar surface area (TPSA) is 49.8 Å². The van der Waals surface area contributed by atoms with Crippen molar-refractivity contribution >= 4 is 5.91 Å². The Labute approximate surface area is 120 Å². The summed E-state index contributed by atoms with van der Waals surface area (Å²) in [7, 11) is 0. The van der Waals surface area contributed by atoms with Crippen molar-refractivity contribution in [1.82, 2.24) is 4.90 Å². The highest BCUT2D eigenvalue weighted by Gasteiger charge is 2.44. The molecule has 7 heteroatoms. The summed E-state index contributed by atoms with van der Waals surface area (Å²) in [5, 5.41) is 8.92. The zero-order valence-electron chi connectivity index (χ0n) is 11.3. The number of ether oxygens (including phenoxy) is 1. The molecule has 4 nitrogen and oxygen atoms in total. The zero-order valence-corrected chi connectivity index (χ0v) is 11.3. The quantitative estimate of drug-likeness (QED) is 0.921. The average molecular weight is 303 g/mol. The molecule has 0 bridgehead atoms. The van der Waals surface area contributed by atoms with Crippen LogP contribution in [0, 0.1) is 0 Å². The van der Waals surface area contributed by atoms with E-state index in [0.717, 1.165) is 5.56 Å². The maximum atomic E-state index is 12.6. The van der Waals surface area contributed by atoms with Crippen LogP contribution in [0.5, 0.6) is 0 Å². The molecule has 1 aromatic rings. The predicted molar refractivity (Wildman–Crippen MR) is 68.4 cm³/mol. The third kappa shape index (κ3) is 4.18. The number of hydrogen-bond donors (Lipinski definition) is 1. The van der Waals surface area contributed by atoms with Crippen molar-refractivity contribution in [3.05, 3.63) is 35.4 Å². The summed E-state index contributed by atoms with van der Waals surface area (Å²) in [5.74, 6) is -0.357. The maximum absolute atomic E-state index is 12.6. The molecule has 1 saturated heterocycles. The fourth-order valence-electron chi connectivity index (χ4n) is 2.12. The third-order valence-electron chi connectivity index (χ3n) is 3.35. The first-order chi connectivity index (χ1) is 9.90. The first kappa shape index (κ1) is 15.8. The van der Waals surface area contributed by atoms with E-state index in [1.54, 1.807) is 24.3 Å². The van der Waals surface area contributed by atoms with Gasteiger partial charge in [-0.05, 0) is 11.1 Å². The van der Waals surface area contributed by atoms with Crippen LogP contribution in [-0.4, -0.2) is 47.9 Å². The molecule has 1 heterocycles. The van der Waals surface area contributed by atoms with Gasteiger partial charge in [0.2, 0.25) is 5.91 Å². The van der Waals surface area contributed by atoms with Gasteiger partial charge in [0.15, 0.2) is 6.10 Å². The minimum atomic E-state index is -4.46. The summed E-state index contributed by atoms with van der Waals surface area (Å²) in [6.07, 6.45) is -6.33. The molecule has 0 radical (unpaired) electrons. The molecular formula is C14H16F3NO3. The molecule has 2 rings (SSSR count). The number of hydrogen-bond acceptors (Lipinski definition) is 3. The molecule has 21 heavy (non-hydrogen) atoms. The van der Waals surface area contributed by atoms with Crippen LogP contribution in [0.1, 0.15) is 11.1 Å². The fraction of sp³-hybridized carbons (Fsp3) is 0.500. The van der Waals surface area contributed by atoms with E-state index in [2.05, 4.69) is 4.74 Å². The molecule has 1 fully saturated rings. The predicted octanol–water partition coefficient (Wildman–Crippen LogP) is 1.51. The number of rotatable bonds is 3. The van der Waals surface area contributed by atoms with E-state index < -0.39 is 18.8 Å². The van der Waals surface area contributed by atoms with Crippen molar-refractivity contribution in [2.24, 2.45) is 0 Å². The molecule has 1 aliphatic rings. The Morgan fingerprint density at radius 1 is 1.29 bits per heavy atom. The van der Waals surface area contributed by atoms with E-state index in [9.17, 15) is 18.0 Å². The second-order valence-corrected chi connectivity index (χ2v) is 4.89. The van der Waals surface area contributed by atoms with Gasteiger partial charge in [-0.3, -0.25) is 4.79 Å². The van der Waals surface area contributed by atoms with Crippen LogP contribution in [0.25, 0.3) is 0 Å². The van der Waals surface area contributed by atoms with Crippen molar-refractivity contribution in [2.75, 3.05) is 19.7 Å². The monoisotopic (exact) mass is 303 g/mol. The molecule has 1 amide bonds. The van der Waals surface area contributed by atoms with Crippen molar-refractivity contribution in [2.45, 2.75) is 25.3 Å². The van der Waals surface area contributed by atoms with E-state index in [0.29, 0.717) is 5.56 Å². The first-order valence-corrected chi connectivity index (χ1v) is 6.55. The molecule has 0 saturated carbocycles. The SMILES string of the molecule is O=C(Cc1ccc(CO)cc1)N1CCO[C@@H](C(F)(F)F)C1. The van der Waals surface area contributed by atoms with E-state index in [1.807, 2.05) is 0 Å². The number of alkyl halides is 3. The van der Waals surface area contributed by atoms with Crippen molar-refractivity contribution in [3.63, 3.8) is 0 Å². The van der Waals surface area contributed by atoms with Gasteiger partial charge in [-0.15, -0.1) is 0 Å². The average Bonchev–Trinajstić information content (AvgIpc) is 2.47. The summed E-state index contributed by atoms with van der Waals surface area (Å²) in [4.78, 5) is 13.2. The third-order valence-corrected chi connectivity index (χ3v) is 3.35. The van der Waals surface area contributed by atoms with Crippen LogP contribution in [0.3, 0.4) is 0 Å². The first-order valence-electron chi connectivity index (χ1n) is 6.55. The summed E-state index contributed by atoms with van der Waals surface area (Å²) in [6, 6.07) is 6.73. The standard InChI is InChI=1S/C14H16F3NO3/c15-14(16,17)12-8-18(5-6-21-12)13(20)7-10-1-3-11(9-19)4-2-10/h1-4,12,19H,5-9H2/t12-/m1/s1. The maximum Gasteiger partial charge on any atom is 0.416 e. The Morgan fingerprint density at radius 3 is 2.48 bits per heavy atom. The van der Waals surface area contributed by atoms with Crippen LogP contribution < -0.4 is 0 Å². The van der Waals surface area contributed by atoms with Crippen molar-refractivity contribution in [1.29, 1.82) is 0 Å². The molecule has 0 unspecified atom stereocenters. The molecular weight excluding hydrogens is 287 g/mol. The zero-order chi connectivity index (χ0) is 15.5. The number of carbonyl (C=O) groups excluding carboxylic acids is 1. The van der Waals surface area contributed by atoms with Gasteiger partial charge < -0.3 is 14.7 Å². The molecule has 0 spiro atoms. The van der Waals surface area contributed by atoms with Gasteiger partial charge in [-0.2, -0.15) is 13.2 Å². The van der Waals surface area contributed by atoms with Crippen molar-refractivity contribution < 1.29 is 27.8 Å². The normalized spacial score (nSPS) is 19.6. The largest absolute Gasteiger partial charge is 0.416 e. The molecule has 0 aliphatic carbocycles. The molecule has 1 atom stereocenters. The van der Waals surface area contributed by atoms with Gasteiger partial charge in [0.1, 0.15) is 0 Å². The van der Waals surface area contributed by atoms with Gasteiger partial charge in [0, 0.05) is 6.54 Å². The van der Waals surface area contributed by atoms with Crippen LogP contribution in [0.4, 0.5) is 13.2 Å². The number of amides is 1. The molecule has 1 N–H and O–H groups in total. The van der Waals surface area contributed by atoms with Crippen LogP contribution >= 0.6 is 0 Å². The Morgan fingerprint density at radius 2 is 1.90 bits per heavy atom. The highest BCUT2D eigenvalue weighted by Crippen LogP contribution is 2.25. The second-order valence-electron chi connectivity index (χ2n) is 4.89. The van der Waals surface area contributed by atoms with E-state index >= 15 is 0 Å². The number of morpholine rings is 1. The Kier molecular flexibility index (Phi) is 4.84. The Hall–Kier alpha value is -1.60. The van der Waals surface area contributed by atoms with Gasteiger partial charge in [0.05, 0.1) is 26.2 Å². The molecule has 1 aliphatic heterocycles. The van der Waals surface area contributed by atoms with E-state index in [-0.39, 0.29) is 32.1 Å². The van der Waals surface area contributed by atoms with E-state index in [4.69, 9.17) is 5.11 Å². The van der Waals surface area contributed by atoms with E-state index in [1.165, 1.54) is 4.90 Å². The minimum absolute atomic E-state index is 0.0380. The van der Waals surface area contributed by atoms with Crippen molar-refractivity contribution in [3.8, 4) is 0 Å². The summed E-state index contributed by atoms with van der Waals surface area (Å²) < 4.78 is 42.5. The smallest absolute Gasteiger partial charge is 0.392 e. The number of benzene rings is 1. The Bertz CT molecular complexity index is 487. The van der Waals surface area contributed by atoms with Crippen LogP contribution in [0.15, 0.2) is 24.3 Å². The van der Waals surface area contributed by atoms with Crippen LogP contribution in [-0.2, 0) is 22.6 Å². The van der Waals surface area contributed by atoms with Gasteiger partial charge in [-0.25, -0.2) is 0 Å². The number of carbonyl (C=O) groups is 1. The molecule has 0 aromatic heterocycles. The highest BCUT2D eigenvalue weighted by molar-refractivity contribution is 5.78. The lowest BCUT2D eigenvalue weighted by Crippen LogP contribution is -2.51. The van der Waals surface area contributed by atoms with Gasteiger partial charge >= 0.3 is 6.18 Å². The van der Waals surface area contributed by atoms with Gasteiger partial charge in [-0.1, -0.05) is 24.3 Å². The van der Waals surface area contributed by atoms with Crippen LogP contribution in [0.2, 0.25) is 0 Å². The van der Waals surface area contributed by atoms with Gasteiger partial charge in [0.25, 0.3) is 0 Å². The minimum Gasteiger partial charge on any atom is -0.392 e. The lowest BCUT2D eigenvalue weighted by Gasteiger charge is -2.33. The number of aliphatic hydroxyl groups is 1. The highest BCUT2D eigenvalue weighted by atomic mass is 19.4. The molecule has 116 valence electrons. The summed E-state index contributed by atoms with van der Waals surface area (Å²) in [5.41, 5.74) is 1.42. The lowest BCUT2D eigenvalue weighted by molar-refractivity contribution is -0.236. The number of aliphatic hydroxyl groups excluding tert-OH is 1. The summed E-state index contributed by atoms with van der Waals surface area (Å²) >= 11 is 0. The second kappa shape index (κ2) is 6.44. The fourth-order valence-corrected chi connectivity index (χ4v) is 2.12.